The molecular weight excluding hydrogens is 308 g/mol. The van der Waals surface area contributed by atoms with Crippen molar-refractivity contribution >= 4 is 23.4 Å². The van der Waals surface area contributed by atoms with E-state index in [0.717, 1.165) is 31.6 Å². The number of aromatic nitrogens is 1. The van der Waals surface area contributed by atoms with Crippen LogP contribution in [0.4, 0.5) is 11.6 Å². The highest BCUT2D eigenvalue weighted by Gasteiger charge is 2.19. The van der Waals surface area contributed by atoms with Crippen LogP contribution < -0.4 is 10.6 Å². The van der Waals surface area contributed by atoms with Crippen molar-refractivity contribution in [1.29, 1.82) is 0 Å². The molecule has 7 heteroatoms. The van der Waals surface area contributed by atoms with E-state index in [4.69, 9.17) is 4.52 Å². The molecule has 1 saturated heterocycles. The summed E-state index contributed by atoms with van der Waals surface area (Å²) in [6, 6.07) is 8.81. The highest BCUT2D eigenvalue weighted by atomic mass is 16.5. The van der Waals surface area contributed by atoms with Crippen LogP contribution in [-0.2, 0) is 4.79 Å². The predicted molar refractivity (Wildman–Crippen MR) is 89.9 cm³/mol. The van der Waals surface area contributed by atoms with Gasteiger partial charge >= 0.3 is 0 Å². The van der Waals surface area contributed by atoms with Gasteiger partial charge in [-0.2, -0.15) is 0 Å². The van der Waals surface area contributed by atoms with Crippen LogP contribution in [0.1, 0.15) is 28.9 Å². The monoisotopic (exact) mass is 328 g/mol. The van der Waals surface area contributed by atoms with Crippen molar-refractivity contribution in [1.82, 2.24) is 10.1 Å². The zero-order valence-corrected chi connectivity index (χ0v) is 13.5. The summed E-state index contributed by atoms with van der Waals surface area (Å²) in [5.41, 5.74) is 2.15. The van der Waals surface area contributed by atoms with E-state index in [-0.39, 0.29) is 18.4 Å². The molecule has 2 N–H and O–H groups in total. The Kier molecular flexibility index (Phi) is 4.79. The molecule has 0 saturated carbocycles. The van der Waals surface area contributed by atoms with Gasteiger partial charge in [-0.25, -0.2) is 0 Å². The lowest BCUT2D eigenvalue weighted by atomic mass is 10.2. The third-order valence-corrected chi connectivity index (χ3v) is 3.87. The molecule has 1 aliphatic rings. The largest absolute Gasteiger partial charge is 0.376 e. The van der Waals surface area contributed by atoms with Gasteiger partial charge in [0.25, 0.3) is 5.91 Å². The van der Waals surface area contributed by atoms with Gasteiger partial charge in [0, 0.05) is 30.4 Å². The minimum atomic E-state index is -0.233. The van der Waals surface area contributed by atoms with Gasteiger partial charge in [0.2, 0.25) is 11.8 Å². The first-order chi connectivity index (χ1) is 11.6. The van der Waals surface area contributed by atoms with Gasteiger partial charge in [-0.3, -0.25) is 14.9 Å². The Morgan fingerprint density at radius 2 is 1.92 bits per heavy atom. The molecule has 0 bridgehead atoms. The second kappa shape index (κ2) is 7.16. The van der Waals surface area contributed by atoms with Crippen LogP contribution in [0, 0.1) is 6.92 Å². The topological polar surface area (TPSA) is 87.5 Å². The Morgan fingerprint density at radius 3 is 2.54 bits per heavy atom. The molecule has 126 valence electrons. The highest BCUT2D eigenvalue weighted by Crippen LogP contribution is 2.15. The first-order valence-corrected chi connectivity index (χ1v) is 7.98. The molecule has 1 aromatic heterocycles. The minimum absolute atomic E-state index is 0.0671. The first kappa shape index (κ1) is 16.0. The number of carbonyl (C=O) groups is 2. The third-order valence-electron chi connectivity index (χ3n) is 3.87. The van der Waals surface area contributed by atoms with Crippen molar-refractivity contribution in [2.75, 3.05) is 30.3 Å². The normalized spacial score (nSPS) is 13.8. The van der Waals surface area contributed by atoms with Gasteiger partial charge in [0.1, 0.15) is 0 Å². The summed E-state index contributed by atoms with van der Waals surface area (Å²) < 4.78 is 4.93. The Hall–Kier alpha value is -2.83. The van der Waals surface area contributed by atoms with Gasteiger partial charge in [-0.1, -0.05) is 5.16 Å². The zero-order chi connectivity index (χ0) is 16.9. The average Bonchev–Trinajstić information content (AvgIpc) is 3.25. The van der Waals surface area contributed by atoms with E-state index in [1.165, 1.54) is 0 Å². The van der Waals surface area contributed by atoms with Gasteiger partial charge in [0.05, 0.1) is 12.2 Å². The molecule has 2 amide bonds. The molecule has 1 fully saturated rings. The van der Waals surface area contributed by atoms with Crippen LogP contribution >= 0.6 is 0 Å². The maximum Gasteiger partial charge on any atom is 0.253 e. The van der Waals surface area contributed by atoms with Crippen LogP contribution in [0.15, 0.2) is 34.9 Å². The Morgan fingerprint density at radius 1 is 1.21 bits per heavy atom. The fraction of sp³-hybridized carbons (Fsp3) is 0.353. The van der Waals surface area contributed by atoms with E-state index >= 15 is 0 Å². The summed E-state index contributed by atoms with van der Waals surface area (Å²) >= 11 is 0. The van der Waals surface area contributed by atoms with Crippen molar-refractivity contribution in [3.8, 4) is 0 Å². The van der Waals surface area contributed by atoms with E-state index in [2.05, 4.69) is 15.8 Å². The van der Waals surface area contributed by atoms with Crippen LogP contribution in [0.3, 0.4) is 0 Å². The van der Waals surface area contributed by atoms with Gasteiger partial charge < -0.3 is 14.7 Å². The van der Waals surface area contributed by atoms with Crippen molar-refractivity contribution in [2.45, 2.75) is 19.8 Å². The Labute approximate surface area is 140 Å². The Bertz CT molecular complexity index is 718. The van der Waals surface area contributed by atoms with Crippen LogP contribution in [-0.4, -0.2) is 41.5 Å². The predicted octanol–water partition coefficient (Wildman–Crippen LogP) is 2.27. The number of likely N-dealkylation sites (tertiary alicyclic amines) is 1. The number of hydrogen-bond donors (Lipinski definition) is 2. The smallest absolute Gasteiger partial charge is 0.253 e. The number of anilines is 2. The van der Waals surface area contributed by atoms with E-state index in [1.54, 1.807) is 37.3 Å². The lowest BCUT2D eigenvalue weighted by Crippen LogP contribution is -2.27. The number of nitrogens with one attached hydrogen (secondary N) is 2. The fourth-order valence-electron chi connectivity index (χ4n) is 2.62. The second-order valence-electron chi connectivity index (χ2n) is 5.81. The number of benzene rings is 1. The SMILES string of the molecule is Cc1cc(NC(=O)CNc2ccc(C(=O)N3CCCC3)cc2)on1. The zero-order valence-electron chi connectivity index (χ0n) is 13.5. The molecule has 1 aromatic carbocycles. The number of amides is 2. The lowest BCUT2D eigenvalue weighted by Gasteiger charge is -2.15. The molecule has 0 spiro atoms. The van der Waals surface area contributed by atoms with Crippen LogP contribution in [0.2, 0.25) is 0 Å². The number of rotatable bonds is 5. The standard InChI is InChI=1S/C17H20N4O3/c1-12-10-16(24-20-12)19-15(22)11-18-14-6-4-13(5-7-14)17(23)21-8-2-3-9-21/h4-7,10,18H,2-3,8-9,11H2,1H3,(H,19,22). The average molecular weight is 328 g/mol. The summed E-state index contributed by atoms with van der Waals surface area (Å²) in [5.74, 6) is 0.159. The number of carbonyl (C=O) groups excluding carboxylic acids is 2. The molecule has 7 nitrogen and oxygen atoms in total. The summed E-state index contributed by atoms with van der Waals surface area (Å²) in [5, 5.41) is 9.32. The van der Waals surface area contributed by atoms with Gasteiger partial charge in [-0.15, -0.1) is 0 Å². The summed E-state index contributed by atoms with van der Waals surface area (Å²) in [6.45, 7) is 3.54. The van der Waals surface area contributed by atoms with E-state index < -0.39 is 0 Å². The number of nitrogens with zero attached hydrogens (tertiary/aromatic N) is 2. The second-order valence-corrected chi connectivity index (χ2v) is 5.81. The molecule has 1 aliphatic heterocycles. The maximum absolute atomic E-state index is 12.3. The molecule has 2 heterocycles. The molecule has 0 radical (unpaired) electrons. The summed E-state index contributed by atoms with van der Waals surface area (Å²) in [7, 11) is 0. The van der Waals surface area contributed by atoms with Crippen LogP contribution in [0.5, 0.6) is 0 Å². The molecular formula is C17H20N4O3. The number of hydrogen-bond acceptors (Lipinski definition) is 5. The lowest BCUT2D eigenvalue weighted by molar-refractivity contribution is -0.114. The van der Waals surface area contributed by atoms with Crippen molar-refractivity contribution < 1.29 is 14.1 Å². The van der Waals surface area contributed by atoms with Crippen molar-refractivity contribution in [3.63, 3.8) is 0 Å². The van der Waals surface area contributed by atoms with Crippen LogP contribution in [0.25, 0.3) is 0 Å². The molecule has 24 heavy (non-hydrogen) atoms. The van der Waals surface area contributed by atoms with Gasteiger partial charge in [0.15, 0.2) is 0 Å². The van der Waals surface area contributed by atoms with E-state index in [0.29, 0.717) is 17.1 Å². The number of aryl methyl sites for hydroxylation is 1. The minimum Gasteiger partial charge on any atom is -0.376 e. The fourth-order valence-corrected chi connectivity index (χ4v) is 2.62. The van der Waals surface area contributed by atoms with Gasteiger partial charge in [-0.05, 0) is 44.0 Å². The molecule has 2 aromatic rings. The molecule has 0 atom stereocenters. The highest BCUT2D eigenvalue weighted by molar-refractivity contribution is 5.95. The van der Waals surface area contributed by atoms with E-state index in [9.17, 15) is 9.59 Å². The first-order valence-electron chi connectivity index (χ1n) is 7.98. The molecule has 0 aliphatic carbocycles. The summed E-state index contributed by atoms with van der Waals surface area (Å²) in [6.07, 6.45) is 2.15. The molecule has 3 rings (SSSR count). The van der Waals surface area contributed by atoms with Crippen molar-refractivity contribution in [2.24, 2.45) is 0 Å². The maximum atomic E-state index is 12.3. The molecule has 0 unspecified atom stereocenters. The quantitative estimate of drug-likeness (QED) is 0.879. The third kappa shape index (κ3) is 3.92. The Balaban J connectivity index is 1.50. The summed E-state index contributed by atoms with van der Waals surface area (Å²) in [4.78, 5) is 25.9. The van der Waals surface area contributed by atoms with E-state index in [1.807, 2.05) is 4.90 Å². The van der Waals surface area contributed by atoms with Crippen molar-refractivity contribution in [3.05, 3.63) is 41.6 Å².